The van der Waals surface area contributed by atoms with Crippen LogP contribution in [0.3, 0.4) is 0 Å². The third kappa shape index (κ3) is 4.18. The van der Waals surface area contributed by atoms with Crippen LogP contribution in [0.25, 0.3) is 0 Å². The Morgan fingerprint density at radius 3 is 2.44 bits per heavy atom. The van der Waals surface area contributed by atoms with E-state index >= 15 is 0 Å². The first-order valence-corrected chi connectivity index (χ1v) is 9.86. The lowest BCUT2D eigenvalue weighted by molar-refractivity contribution is 0.0697. The van der Waals surface area contributed by atoms with Gasteiger partial charge in [-0.1, -0.05) is 29.8 Å². The summed E-state index contributed by atoms with van der Waals surface area (Å²) in [7, 11) is -3.47. The standard InChI is InChI=1S/C17H18ClN3O3S/c18-16-6-2-1-4-15(16)13-25(23,24)21-10-8-20(9-11-21)17(22)14-5-3-7-19-12-14/h1-7,12H,8-11,13H2. The van der Waals surface area contributed by atoms with Gasteiger partial charge in [0, 0.05) is 43.6 Å². The van der Waals surface area contributed by atoms with E-state index in [1.165, 1.54) is 10.5 Å². The van der Waals surface area contributed by atoms with Gasteiger partial charge in [-0.3, -0.25) is 9.78 Å². The molecule has 1 amide bonds. The molecule has 1 aliphatic heterocycles. The fourth-order valence-corrected chi connectivity index (χ4v) is 4.57. The quantitative estimate of drug-likeness (QED) is 0.814. The Morgan fingerprint density at radius 2 is 1.80 bits per heavy atom. The van der Waals surface area contributed by atoms with Crippen molar-refractivity contribution in [1.82, 2.24) is 14.2 Å². The molecule has 0 unspecified atom stereocenters. The van der Waals surface area contributed by atoms with Crippen LogP contribution in [0, 0.1) is 0 Å². The minimum atomic E-state index is -3.47. The Balaban J connectivity index is 1.63. The summed E-state index contributed by atoms with van der Waals surface area (Å²) in [5.41, 5.74) is 1.09. The van der Waals surface area contributed by atoms with E-state index in [4.69, 9.17) is 11.6 Å². The molecule has 8 heteroatoms. The second-order valence-corrected chi connectivity index (χ2v) is 8.16. The summed E-state index contributed by atoms with van der Waals surface area (Å²) in [6, 6.07) is 10.3. The number of sulfonamides is 1. The SMILES string of the molecule is O=C(c1cccnc1)N1CCN(S(=O)(=O)Cc2ccccc2Cl)CC1. The van der Waals surface area contributed by atoms with Gasteiger partial charge in [0.2, 0.25) is 10.0 Å². The predicted octanol–water partition coefficient (Wildman–Crippen LogP) is 2.02. The van der Waals surface area contributed by atoms with Crippen LogP contribution in [-0.2, 0) is 15.8 Å². The topological polar surface area (TPSA) is 70.6 Å². The van der Waals surface area contributed by atoms with Crippen LogP contribution in [0.4, 0.5) is 0 Å². The van der Waals surface area contributed by atoms with Gasteiger partial charge in [-0.25, -0.2) is 8.42 Å². The van der Waals surface area contributed by atoms with E-state index < -0.39 is 10.0 Å². The smallest absolute Gasteiger partial charge is 0.255 e. The van der Waals surface area contributed by atoms with E-state index in [0.29, 0.717) is 29.2 Å². The molecule has 1 saturated heterocycles. The van der Waals surface area contributed by atoms with Crippen molar-refractivity contribution in [2.75, 3.05) is 26.2 Å². The van der Waals surface area contributed by atoms with Crippen LogP contribution in [0.2, 0.25) is 5.02 Å². The fourth-order valence-electron chi connectivity index (χ4n) is 2.74. The monoisotopic (exact) mass is 379 g/mol. The molecule has 25 heavy (non-hydrogen) atoms. The average Bonchev–Trinajstić information content (AvgIpc) is 2.64. The van der Waals surface area contributed by atoms with Crippen molar-refractivity contribution in [1.29, 1.82) is 0 Å². The lowest BCUT2D eigenvalue weighted by Crippen LogP contribution is -2.50. The molecule has 2 aromatic rings. The molecular weight excluding hydrogens is 362 g/mol. The number of pyridine rings is 1. The van der Waals surface area contributed by atoms with Crippen molar-refractivity contribution in [3.05, 3.63) is 64.9 Å². The lowest BCUT2D eigenvalue weighted by Gasteiger charge is -2.34. The Bertz CT molecular complexity index is 850. The number of hydrogen-bond donors (Lipinski definition) is 0. The predicted molar refractivity (Wildman–Crippen MR) is 95.8 cm³/mol. The lowest BCUT2D eigenvalue weighted by atomic mass is 10.2. The summed E-state index contributed by atoms with van der Waals surface area (Å²) in [4.78, 5) is 18.0. The molecule has 1 fully saturated rings. The molecule has 1 aliphatic rings. The number of carbonyl (C=O) groups excluding carboxylic acids is 1. The molecule has 0 saturated carbocycles. The van der Waals surface area contributed by atoms with Crippen LogP contribution in [0.15, 0.2) is 48.8 Å². The summed E-state index contributed by atoms with van der Waals surface area (Å²) in [5, 5.41) is 0.441. The number of carbonyl (C=O) groups is 1. The van der Waals surface area contributed by atoms with Gasteiger partial charge >= 0.3 is 0 Å². The first kappa shape index (κ1) is 17.8. The number of aromatic nitrogens is 1. The number of halogens is 1. The number of hydrogen-bond acceptors (Lipinski definition) is 4. The normalized spacial score (nSPS) is 16.0. The maximum absolute atomic E-state index is 12.6. The summed E-state index contributed by atoms with van der Waals surface area (Å²) >= 11 is 6.06. The minimum Gasteiger partial charge on any atom is -0.336 e. The Labute approximate surface area is 152 Å². The van der Waals surface area contributed by atoms with Gasteiger partial charge in [-0.15, -0.1) is 0 Å². The molecule has 0 bridgehead atoms. The van der Waals surface area contributed by atoms with Crippen molar-refractivity contribution in [2.45, 2.75) is 5.75 Å². The highest BCUT2D eigenvalue weighted by Gasteiger charge is 2.29. The van der Waals surface area contributed by atoms with Gasteiger partial charge in [0.05, 0.1) is 11.3 Å². The molecule has 0 aliphatic carbocycles. The second kappa shape index (κ2) is 7.51. The van der Waals surface area contributed by atoms with Crippen LogP contribution < -0.4 is 0 Å². The molecule has 3 rings (SSSR count). The zero-order valence-electron chi connectivity index (χ0n) is 13.5. The van der Waals surface area contributed by atoms with E-state index in [-0.39, 0.29) is 24.7 Å². The van der Waals surface area contributed by atoms with Crippen LogP contribution >= 0.6 is 11.6 Å². The van der Waals surface area contributed by atoms with Crippen molar-refractivity contribution >= 4 is 27.5 Å². The highest BCUT2D eigenvalue weighted by molar-refractivity contribution is 7.88. The number of benzene rings is 1. The third-order valence-electron chi connectivity index (χ3n) is 4.12. The van der Waals surface area contributed by atoms with E-state index in [1.54, 1.807) is 47.5 Å². The average molecular weight is 380 g/mol. The molecule has 0 atom stereocenters. The summed E-state index contributed by atoms with van der Waals surface area (Å²) in [6.07, 6.45) is 3.12. The number of piperazine rings is 1. The van der Waals surface area contributed by atoms with Gasteiger partial charge in [0.25, 0.3) is 5.91 Å². The first-order valence-electron chi connectivity index (χ1n) is 7.88. The van der Waals surface area contributed by atoms with Crippen molar-refractivity contribution < 1.29 is 13.2 Å². The highest BCUT2D eigenvalue weighted by Crippen LogP contribution is 2.20. The zero-order valence-corrected chi connectivity index (χ0v) is 15.1. The largest absolute Gasteiger partial charge is 0.336 e. The van der Waals surface area contributed by atoms with Crippen molar-refractivity contribution in [2.24, 2.45) is 0 Å². The molecule has 0 N–H and O–H groups in total. The van der Waals surface area contributed by atoms with Crippen LogP contribution in [0.5, 0.6) is 0 Å². The molecule has 1 aromatic carbocycles. The summed E-state index contributed by atoms with van der Waals surface area (Å²) in [6.45, 7) is 1.27. The number of nitrogens with zero attached hydrogens (tertiary/aromatic N) is 3. The van der Waals surface area contributed by atoms with Gasteiger partial charge in [-0.05, 0) is 23.8 Å². The number of amides is 1. The highest BCUT2D eigenvalue weighted by atomic mass is 35.5. The summed E-state index contributed by atoms with van der Waals surface area (Å²) < 4.78 is 26.6. The number of rotatable bonds is 4. The maximum Gasteiger partial charge on any atom is 0.255 e. The third-order valence-corrected chi connectivity index (χ3v) is 6.32. The second-order valence-electron chi connectivity index (χ2n) is 5.78. The van der Waals surface area contributed by atoms with Gasteiger partial charge in [-0.2, -0.15) is 4.31 Å². The van der Waals surface area contributed by atoms with E-state index in [0.717, 1.165) is 0 Å². The van der Waals surface area contributed by atoms with Crippen molar-refractivity contribution in [3.8, 4) is 0 Å². The molecule has 6 nitrogen and oxygen atoms in total. The Morgan fingerprint density at radius 1 is 1.08 bits per heavy atom. The maximum atomic E-state index is 12.6. The van der Waals surface area contributed by atoms with Crippen LogP contribution in [-0.4, -0.2) is 54.7 Å². The van der Waals surface area contributed by atoms with Gasteiger partial charge < -0.3 is 4.90 Å². The molecular formula is C17H18ClN3O3S. The molecule has 0 radical (unpaired) electrons. The molecule has 132 valence electrons. The van der Waals surface area contributed by atoms with Gasteiger partial charge in [0.1, 0.15) is 0 Å². The Kier molecular flexibility index (Phi) is 5.36. The van der Waals surface area contributed by atoms with Gasteiger partial charge in [0.15, 0.2) is 0 Å². The Hall–Kier alpha value is -1.96. The van der Waals surface area contributed by atoms with E-state index in [2.05, 4.69) is 4.98 Å². The minimum absolute atomic E-state index is 0.128. The van der Waals surface area contributed by atoms with E-state index in [9.17, 15) is 13.2 Å². The first-order chi connectivity index (χ1) is 12.0. The molecule has 1 aromatic heterocycles. The summed E-state index contributed by atoms with van der Waals surface area (Å²) in [5.74, 6) is -0.264. The fraction of sp³-hybridized carbons (Fsp3) is 0.294. The zero-order chi connectivity index (χ0) is 17.9. The van der Waals surface area contributed by atoms with E-state index in [1.807, 2.05) is 0 Å². The van der Waals surface area contributed by atoms with Crippen LogP contribution in [0.1, 0.15) is 15.9 Å². The molecule has 2 heterocycles. The van der Waals surface area contributed by atoms with Crippen molar-refractivity contribution in [3.63, 3.8) is 0 Å². The molecule has 0 spiro atoms.